The summed E-state index contributed by atoms with van der Waals surface area (Å²) in [7, 11) is 0. The van der Waals surface area contributed by atoms with Crippen LogP contribution >= 0.6 is 11.6 Å². The minimum Gasteiger partial charge on any atom is -0.449 e. The molecule has 0 bridgehead atoms. The minimum absolute atomic E-state index is 0.147. The van der Waals surface area contributed by atoms with E-state index in [0.717, 1.165) is 12.1 Å². The van der Waals surface area contributed by atoms with Crippen molar-refractivity contribution in [2.24, 2.45) is 0 Å². The number of ether oxygens (including phenoxy) is 1. The molecule has 8 heteroatoms. The van der Waals surface area contributed by atoms with Gasteiger partial charge in [-0.3, -0.25) is 14.9 Å². The number of nitro benzene ring substituents is 1. The Labute approximate surface area is 142 Å². The second-order valence-corrected chi connectivity index (χ2v) is 5.26. The van der Waals surface area contributed by atoms with Crippen LogP contribution in [0.25, 0.3) is 0 Å². The molecule has 7 nitrogen and oxygen atoms in total. The number of carbonyl (C=O) groups is 2. The summed E-state index contributed by atoms with van der Waals surface area (Å²) in [6.07, 6.45) is -1.14. The van der Waals surface area contributed by atoms with Gasteiger partial charge in [0.1, 0.15) is 5.56 Å². The number of benzene rings is 2. The van der Waals surface area contributed by atoms with Gasteiger partial charge in [-0.1, -0.05) is 29.8 Å². The molecule has 0 aliphatic heterocycles. The van der Waals surface area contributed by atoms with Crippen molar-refractivity contribution in [1.82, 2.24) is 0 Å². The lowest BCUT2D eigenvalue weighted by Crippen LogP contribution is -2.30. The molecule has 0 unspecified atom stereocenters. The van der Waals surface area contributed by atoms with E-state index in [0.29, 0.717) is 5.69 Å². The topological polar surface area (TPSA) is 98.5 Å². The molecule has 0 aliphatic carbocycles. The number of anilines is 1. The third kappa shape index (κ3) is 4.30. The van der Waals surface area contributed by atoms with Gasteiger partial charge in [0.2, 0.25) is 0 Å². The van der Waals surface area contributed by atoms with Crippen molar-refractivity contribution >= 4 is 34.9 Å². The van der Waals surface area contributed by atoms with Crippen LogP contribution in [0.4, 0.5) is 11.4 Å². The number of esters is 1. The molecule has 0 saturated carbocycles. The van der Waals surface area contributed by atoms with Crippen molar-refractivity contribution in [3.05, 3.63) is 69.2 Å². The van der Waals surface area contributed by atoms with Crippen LogP contribution in [0.3, 0.4) is 0 Å². The van der Waals surface area contributed by atoms with Gasteiger partial charge in [-0.15, -0.1) is 0 Å². The molecular weight excluding hydrogens is 336 g/mol. The number of nitro groups is 1. The largest absolute Gasteiger partial charge is 0.449 e. The van der Waals surface area contributed by atoms with Gasteiger partial charge in [0.25, 0.3) is 11.6 Å². The molecule has 0 aromatic heterocycles. The van der Waals surface area contributed by atoms with Crippen LogP contribution in [0.15, 0.2) is 48.5 Å². The molecule has 24 heavy (non-hydrogen) atoms. The maximum Gasteiger partial charge on any atom is 0.345 e. The second kappa shape index (κ2) is 7.56. The predicted octanol–water partition coefficient (Wildman–Crippen LogP) is 3.43. The quantitative estimate of drug-likeness (QED) is 0.507. The van der Waals surface area contributed by atoms with Gasteiger partial charge in [-0.25, -0.2) is 4.79 Å². The first-order valence-electron chi connectivity index (χ1n) is 6.89. The molecular formula is C16H13ClN2O5. The lowest BCUT2D eigenvalue weighted by Gasteiger charge is -2.13. The average molecular weight is 349 g/mol. The lowest BCUT2D eigenvalue weighted by molar-refractivity contribution is -0.385. The van der Waals surface area contributed by atoms with Crippen LogP contribution in [0.5, 0.6) is 0 Å². The highest BCUT2D eigenvalue weighted by Crippen LogP contribution is 2.24. The molecule has 0 radical (unpaired) electrons. The van der Waals surface area contributed by atoms with Gasteiger partial charge < -0.3 is 10.1 Å². The summed E-state index contributed by atoms with van der Waals surface area (Å²) in [6.45, 7) is 1.37. The maximum atomic E-state index is 12.1. The molecule has 0 aliphatic rings. The Morgan fingerprint density at radius 1 is 1.21 bits per heavy atom. The zero-order valence-electron chi connectivity index (χ0n) is 12.6. The summed E-state index contributed by atoms with van der Waals surface area (Å²) in [5.74, 6) is -1.56. The molecule has 124 valence electrons. The summed E-state index contributed by atoms with van der Waals surface area (Å²) in [6, 6.07) is 12.1. The molecule has 2 aromatic rings. The summed E-state index contributed by atoms with van der Waals surface area (Å²) in [5, 5.41) is 13.7. The lowest BCUT2D eigenvalue weighted by atomic mass is 10.2. The number of hydrogen-bond donors (Lipinski definition) is 1. The van der Waals surface area contributed by atoms with Crippen molar-refractivity contribution in [2.45, 2.75) is 13.0 Å². The molecule has 0 heterocycles. The number of rotatable bonds is 5. The molecule has 2 aromatic carbocycles. The van der Waals surface area contributed by atoms with Gasteiger partial charge in [0.15, 0.2) is 6.10 Å². The van der Waals surface area contributed by atoms with E-state index >= 15 is 0 Å². The highest BCUT2D eigenvalue weighted by molar-refractivity contribution is 6.31. The first kappa shape index (κ1) is 17.4. The van der Waals surface area contributed by atoms with Crippen molar-refractivity contribution in [3.8, 4) is 0 Å². The minimum atomic E-state index is -1.14. The SMILES string of the molecule is C[C@H](OC(=O)c1cc(Cl)ccc1[N+](=O)[O-])C(=O)Nc1ccccc1. The monoisotopic (exact) mass is 348 g/mol. The fraction of sp³-hybridized carbons (Fsp3) is 0.125. The Hall–Kier alpha value is -2.93. The van der Waals surface area contributed by atoms with E-state index < -0.39 is 28.6 Å². The molecule has 2 rings (SSSR count). The zero-order chi connectivity index (χ0) is 17.7. The molecule has 0 fully saturated rings. The number of carbonyl (C=O) groups excluding carboxylic acids is 2. The molecule has 1 N–H and O–H groups in total. The Kier molecular flexibility index (Phi) is 5.49. The maximum absolute atomic E-state index is 12.1. The molecule has 1 amide bonds. The molecule has 0 saturated heterocycles. The van der Waals surface area contributed by atoms with Crippen LogP contribution in [-0.2, 0) is 9.53 Å². The second-order valence-electron chi connectivity index (χ2n) is 4.82. The normalized spacial score (nSPS) is 11.4. The van der Waals surface area contributed by atoms with Crippen LogP contribution in [0.1, 0.15) is 17.3 Å². The Morgan fingerprint density at radius 2 is 1.88 bits per heavy atom. The number of para-hydroxylation sites is 1. The number of nitrogens with one attached hydrogen (secondary N) is 1. The van der Waals surface area contributed by atoms with Gasteiger partial charge in [-0.2, -0.15) is 0 Å². The van der Waals surface area contributed by atoms with Crippen molar-refractivity contribution < 1.29 is 19.2 Å². The summed E-state index contributed by atoms with van der Waals surface area (Å²) < 4.78 is 5.00. The van der Waals surface area contributed by atoms with Gasteiger partial charge in [0, 0.05) is 16.8 Å². The Balaban J connectivity index is 2.10. The van der Waals surface area contributed by atoms with E-state index in [1.165, 1.54) is 13.0 Å². The van der Waals surface area contributed by atoms with Crippen LogP contribution in [0.2, 0.25) is 5.02 Å². The first-order chi connectivity index (χ1) is 11.4. The zero-order valence-corrected chi connectivity index (χ0v) is 13.3. The highest BCUT2D eigenvalue weighted by Gasteiger charge is 2.25. The molecule has 1 atom stereocenters. The summed E-state index contributed by atoms with van der Waals surface area (Å²) in [4.78, 5) is 34.4. The number of nitrogens with zero attached hydrogens (tertiary/aromatic N) is 1. The third-order valence-electron chi connectivity index (χ3n) is 3.07. The van der Waals surface area contributed by atoms with Gasteiger partial charge in [-0.05, 0) is 31.2 Å². The van der Waals surface area contributed by atoms with E-state index in [1.807, 2.05) is 0 Å². The predicted molar refractivity (Wildman–Crippen MR) is 88.1 cm³/mol. The Bertz CT molecular complexity index is 779. The smallest absolute Gasteiger partial charge is 0.345 e. The first-order valence-corrected chi connectivity index (χ1v) is 7.27. The number of halogens is 1. The van der Waals surface area contributed by atoms with E-state index in [4.69, 9.17) is 16.3 Å². The number of hydrogen-bond acceptors (Lipinski definition) is 5. The standard InChI is InChI=1S/C16H13ClN2O5/c1-10(15(20)18-12-5-3-2-4-6-12)24-16(21)13-9-11(17)7-8-14(13)19(22)23/h2-10H,1H3,(H,18,20)/t10-/m0/s1. The van der Waals surface area contributed by atoms with E-state index in [2.05, 4.69) is 5.32 Å². The fourth-order valence-corrected chi connectivity index (χ4v) is 2.05. The van der Waals surface area contributed by atoms with Crippen LogP contribution in [-0.4, -0.2) is 22.9 Å². The third-order valence-corrected chi connectivity index (χ3v) is 3.30. The van der Waals surface area contributed by atoms with Crippen molar-refractivity contribution in [3.63, 3.8) is 0 Å². The highest BCUT2D eigenvalue weighted by atomic mass is 35.5. The van der Waals surface area contributed by atoms with Crippen molar-refractivity contribution in [2.75, 3.05) is 5.32 Å². The van der Waals surface area contributed by atoms with E-state index in [-0.39, 0.29) is 10.6 Å². The fourth-order valence-electron chi connectivity index (χ4n) is 1.87. The van der Waals surface area contributed by atoms with E-state index in [1.54, 1.807) is 30.3 Å². The summed E-state index contributed by atoms with van der Waals surface area (Å²) >= 11 is 5.76. The van der Waals surface area contributed by atoms with Gasteiger partial charge in [0.05, 0.1) is 4.92 Å². The van der Waals surface area contributed by atoms with E-state index in [9.17, 15) is 19.7 Å². The summed E-state index contributed by atoms with van der Waals surface area (Å²) in [5.41, 5.74) is -0.217. The van der Waals surface area contributed by atoms with Crippen LogP contribution in [0, 0.1) is 10.1 Å². The number of amides is 1. The van der Waals surface area contributed by atoms with Crippen molar-refractivity contribution in [1.29, 1.82) is 0 Å². The van der Waals surface area contributed by atoms with Gasteiger partial charge >= 0.3 is 5.97 Å². The average Bonchev–Trinajstić information content (AvgIpc) is 2.55. The Morgan fingerprint density at radius 3 is 2.50 bits per heavy atom. The van der Waals surface area contributed by atoms with Crippen LogP contribution < -0.4 is 5.32 Å². The molecule has 0 spiro atoms.